The normalized spacial score (nSPS) is 12.2. The lowest BCUT2D eigenvalue weighted by Crippen LogP contribution is -2.42. The van der Waals surface area contributed by atoms with Crippen molar-refractivity contribution in [3.05, 3.63) is 12.2 Å². The second kappa shape index (κ2) is 7.56. The number of hydrogen-bond acceptors (Lipinski definition) is 2. The average molecular weight is 198 g/mol. The summed E-state index contributed by atoms with van der Waals surface area (Å²) in [6.45, 7) is 11.3. The minimum Gasteiger partial charge on any atom is -0.355 e. The standard InChI is InChI=1S/C11H22N2O/c1-5-7-13-11(14)10(4)12-8-6-9(2)3/h10,12H,2,5-8H2,1,3-4H3,(H,13,14). The molecule has 0 heterocycles. The van der Waals surface area contributed by atoms with Crippen LogP contribution in [0, 0.1) is 0 Å². The fourth-order valence-corrected chi connectivity index (χ4v) is 0.996. The second-order valence-corrected chi connectivity index (χ2v) is 3.67. The Labute approximate surface area is 87.0 Å². The summed E-state index contributed by atoms with van der Waals surface area (Å²) in [5.41, 5.74) is 1.14. The van der Waals surface area contributed by atoms with Crippen LogP contribution in [0.3, 0.4) is 0 Å². The molecule has 0 aromatic carbocycles. The first-order valence-electron chi connectivity index (χ1n) is 5.23. The Kier molecular flexibility index (Phi) is 7.11. The summed E-state index contributed by atoms with van der Waals surface area (Å²) < 4.78 is 0. The molecule has 0 fully saturated rings. The summed E-state index contributed by atoms with van der Waals surface area (Å²) in [4.78, 5) is 11.4. The quantitative estimate of drug-likeness (QED) is 0.608. The molecule has 3 nitrogen and oxygen atoms in total. The summed E-state index contributed by atoms with van der Waals surface area (Å²) in [7, 11) is 0. The van der Waals surface area contributed by atoms with Crippen LogP contribution in [0.25, 0.3) is 0 Å². The van der Waals surface area contributed by atoms with Crippen LogP contribution in [-0.4, -0.2) is 25.0 Å². The monoisotopic (exact) mass is 198 g/mol. The molecule has 1 atom stereocenters. The van der Waals surface area contributed by atoms with E-state index in [2.05, 4.69) is 17.2 Å². The van der Waals surface area contributed by atoms with Gasteiger partial charge in [0.15, 0.2) is 0 Å². The predicted molar refractivity (Wildman–Crippen MR) is 60.2 cm³/mol. The first kappa shape index (κ1) is 13.2. The fourth-order valence-electron chi connectivity index (χ4n) is 0.996. The lowest BCUT2D eigenvalue weighted by Gasteiger charge is -2.13. The third-order valence-corrected chi connectivity index (χ3v) is 1.94. The zero-order valence-electron chi connectivity index (χ0n) is 9.52. The summed E-state index contributed by atoms with van der Waals surface area (Å²) in [5.74, 6) is 0.0774. The third kappa shape index (κ3) is 6.66. The zero-order chi connectivity index (χ0) is 11.0. The van der Waals surface area contributed by atoms with Crippen molar-refractivity contribution in [1.29, 1.82) is 0 Å². The van der Waals surface area contributed by atoms with Gasteiger partial charge in [-0.2, -0.15) is 0 Å². The van der Waals surface area contributed by atoms with E-state index in [1.54, 1.807) is 0 Å². The van der Waals surface area contributed by atoms with E-state index in [9.17, 15) is 4.79 Å². The van der Waals surface area contributed by atoms with Gasteiger partial charge in [-0.25, -0.2) is 0 Å². The van der Waals surface area contributed by atoms with Gasteiger partial charge in [-0.15, -0.1) is 6.58 Å². The van der Waals surface area contributed by atoms with E-state index >= 15 is 0 Å². The molecule has 14 heavy (non-hydrogen) atoms. The molecule has 0 aromatic rings. The van der Waals surface area contributed by atoms with Gasteiger partial charge >= 0.3 is 0 Å². The van der Waals surface area contributed by atoms with Crippen LogP contribution in [0.1, 0.15) is 33.6 Å². The van der Waals surface area contributed by atoms with E-state index in [0.29, 0.717) is 0 Å². The van der Waals surface area contributed by atoms with Crippen molar-refractivity contribution < 1.29 is 4.79 Å². The molecule has 0 saturated carbocycles. The number of nitrogens with one attached hydrogen (secondary N) is 2. The average Bonchev–Trinajstić information content (AvgIpc) is 2.13. The molecule has 0 aliphatic rings. The van der Waals surface area contributed by atoms with Crippen molar-refractivity contribution in [3.8, 4) is 0 Å². The molecule has 0 bridgehead atoms. The number of carbonyl (C=O) groups excluding carboxylic acids is 1. The van der Waals surface area contributed by atoms with E-state index in [1.165, 1.54) is 0 Å². The largest absolute Gasteiger partial charge is 0.355 e. The summed E-state index contributed by atoms with van der Waals surface area (Å²) in [6, 6.07) is -0.110. The molecule has 0 aliphatic carbocycles. The van der Waals surface area contributed by atoms with E-state index < -0.39 is 0 Å². The molecule has 1 amide bonds. The Morgan fingerprint density at radius 3 is 2.57 bits per heavy atom. The molecular weight excluding hydrogens is 176 g/mol. The van der Waals surface area contributed by atoms with Crippen LogP contribution in [-0.2, 0) is 4.79 Å². The Balaban J connectivity index is 3.56. The van der Waals surface area contributed by atoms with Crippen molar-refractivity contribution in [1.82, 2.24) is 10.6 Å². The Morgan fingerprint density at radius 2 is 2.07 bits per heavy atom. The number of hydrogen-bond donors (Lipinski definition) is 2. The maximum atomic E-state index is 11.4. The van der Waals surface area contributed by atoms with Crippen molar-refractivity contribution in [3.63, 3.8) is 0 Å². The molecule has 0 radical (unpaired) electrons. The topological polar surface area (TPSA) is 41.1 Å². The maximum absolute atomic E-state index is 11.4. The highest BCUT2D eigenvalue weighted by Crippen LogP contribution is 1.93. The summed E-state index contributed by atoms with van der Waals surface area (Å²) in [5, 5.41) is 6.00. The van der Waals surface area contributed by atoms with Gasteiger partial charge in [0.2, 0.25) is 5.91 Å². The van der Waals surface area contributed by atoms with Gasteiger partial charge in [-0.05, 0) is 33.2 Å². The first-order valence-corrected chi connectivity index (χ1v) is 5.23. The molecule has 0 aromatic heterocycles. The SMILES string of the molecule is C=C(C)CCNC(C)C(=O)NCCC. The van der Waals surface area contributed by atoms with E-state index in [4.69, 9.17) is 0 Å². The highest BCUT2D eigenvalue weighted by atomic mass is 16.2. The molecule has 0 spiro atoms. The lowest BCUT2D eigenvalue weighted by atomic mass is 10.2. The highest BCUT2D eigenvalue weighted by Gasteiger charge is 2.09. The van der Waals surface area contributed by atoms with Crippen LogP contribution < -0.4 is 10.6 Å². The lowest BCUT2D eigenvalue weighted by molar-refractivity contribution is -0.122. The maximum Gasteiger partial charge on any atom is 0.236 e. The molecule has 0 aliphatic heterocycles. The van der Waals surface area contributed by atoms with E-state index in [0.717, 1.165) is 31.5 Å². The van der Waals surface area contributed by atoms with Crippen LogP contribution in [0.2, 0.25) is 0 Å². The van der Waals surface area contributed by atoms with Gasteiger partial charge in [0.25, 0.3) is 0 Å². The summed E-state index contributed by atoms with van der Waals surface area (Å²) in [6.07, 6.45) is 1.90. The van der Waals surface area contributed by atoms with Gasteiger partial charge in [-0.1, -0.05) is 12.5 Å². The minimum absolute atomic E-state index is 0.0774. The smallest absolute Gasteiger partial charge is 0.236 e. The Hall–Kier alpha value is -0.830. The van der Waals surface area contributed by atoms with Gasteiger partial charge in [0.1, 0.15) is 0 Å². The Morgan fingerprint density at radius 1 is 1.43 bits per heavy atom. The highest BCUT2D eigenvalue weighted by molar-refractivity contribution is 5.81. The number of amides is 1. The zero-order valence-corrected chi connectivity index (χ0v) is 9.52. The molecule has 0 rings (SSSR count). The van der Waals surface area contributed by atoms with Gasteiger partial charge in [0.05, 0.1) is 6.04 Å². The van der Waals surface area contributed by atoms with Crippen LogP contribution in [0.15, 0.2) is 12.2 Å². The number of rotatable bonds is 7. The second-order valence-electron chi connectivity index (χ2n) is 3.67. The summed E-state index contributed by atoms with van der Waals surface area (Å²) >= 11 is 0. The van der Waals surface area contributed by atoms with Gasteiger partial charge in [-0.3, -0.25) is 4.79 Å². The van der Waals surface area contributed by atoms with Crippen molar-refractivity contribution in [2.45, 2.75) is 39.7 Å². The third-order valence-electron chi connectivity index (χ3n) is 1.94. The molecule has 2 N–H and O–H groups in total. The van der Waals surface area contributed by atoms with Crippen LogP contribution in [0.4, 0.5) is 0 Å². The molecular formula is C11H22N2O. The van der Waals surface area contributed by atoms with Crippen LogP contribution >= 0.6 is 0 Å². The van der Waals surface area contributed by atoms with Crippen molar-refractivity contribution in [2.24, 2.45) is 0 Å². The Bertz CT molecular complexity index is 190. The van der Waals surface area contributed by atoms with Gasteiger partial charge < -0.3 is 10.6 Å². The molecule has 82 valence electrons. The first-order chi connectivity index (χ1) is 6.57. The predicted octanol–water partition coefficient (Wildman–Crippen LogP) is 1.46. The molecule has 3 heteroatoms. The minimum atomic E-state index is -0.110. The van der Waals surface area contributed by atoms with Crippen molar-refractivity contribution in [2.75, 3.05) is 13.1 Å². The van der Waals surface area contributed by atoms with Crippen LogP contribution in [0.5, 0.6) is 0 Å². The van der Waals surface area contributed by atoms with Crippen molar-refractivity contribution >= 4 is 5.91 Å². The van der Waals surface area contributed by atoms with E-state index in [1.807, 2.05) is 20.8 Å². The van der Waals surface area contributed by atoms with E-state index in [-0.39, 0.29) is 11.9 Å². The molecule has 1 unspecified atom stereocenters. The number of carbonyl (C=O) groups is 1. The van der Waals surface area contributed by atoms with Gasteiger partial charge in [0, 0.05) is 6.54 Å². The fraction of sp³-hybridized carbons (Fsp3) is 0.727. The molecule has 0 saturated heterocycles.